The van der Waals surface area contributed by atoms with Crippen LogP contribution in [0.1, 0.15) is 16.7 Å². The molecule has 9 aromatic carbocycles. The van der Waals surface area contributed by atoms with Crippen molar-refractivity contribution in [2.45, 2.75) is 13.1 Å². The van der Waals surface area contributed by atoms with E-state index < -0.39 is 11.7 Å². The quantitative estimate of drug-likeness (QED) is 0.142. The summed E-state index contributed by atoms with van der Waals surface area (Å²) in [5.74, 6) is 1.25. The Morgan fingerprint density at radius 3 is 1.44 bits per heavy atom. The van der Waals surface area contributed by atoms with Crippen LogP contribution >= 0.6 is 0 Å². The first kappa shape index (κ1) is 43.1. The number of hydrogen-bond acceptors (Lipinski definition) is 4. The second-order valence-corrected chi connectivity index (χ2v) is 17.1. The van der Waals surface area contributed by atoms with Crippen molar-refractivity contribution in [3.8, 4) is 90.4 Å². The van der Waals surface area contributed by atoms with Gasteiger partial charge in [-0.3, -0.25) is 0 Å². The highest BCUT2D eigenvalue weighted by Crippen LogP contribution is 2.46. The van der Waals surface area contributed by atoms with E-state index in [1.165, 1.54) is 12.1 Å². The molecule has 0 aliphatic carbocycles. The minimum Gasteiger partial charge on any atom is -0.308 e. The molecule has 70 heavy (non-hydrogen) atoms. The maximum Gasteiger partial charge on any atom is 0.416 e. The van der Waals surface area contributed by atoms with Crippen molar-refractivity contribution < 1.29 is 13.2 Å². The van der Waals surface area contributed by atoms with Gasteiger partial charge in [-0.25, -0.2) is 19.8 Å². The van der Waals surface area contributed by atoms with Crippen LogP contribution in [0.3, 0.4) is 0 Å². The minimum atomic E-state index is -4.62. The zero-order valence-electron chi connectivity index (χ0n) is 37.4. The molecule has 0 radical (unpaired) electrons. The van der Waals surface area contributed by atoms with E-state index in [1.807, 2.05) is 134 Å². The number of halogens is 3. The Kier molecular flexibility index (Phi) is 10.9. The lowest BCUT2D eigenvalue weighted by molar-refractivity contribution is -0.137. The fraction of sp³-hybridized carbons (Fsp3) is 0.0328. The summed E-state index contributed by atoms with van der Waals surface area (Å²) in [7, 11) is 0. The first-order valence-electron chi connectivity index (χ1n) is 22.5. The summed E-state index contributed by atoms with van der Waals surface area (Å²) < 4.78 is 46.5. The number of hydrogen-bond donors (Lipinski definition) is 0. The molecule has 9 heteroatoms. The van der Waals surface area contributed by atoms with Gasteiger partial charge in [0.15, 0.2) is 23.2 Å². The number of fused-ring (bicyclic) bond motifs is 3. The van der Waals surface area contributed by atoms with Crippen LogP contribution in [0.2, 0.25) is 0 Å². The van der Waals surface area contributed by atoms with Crippen LogP contribution in [0.15, 0.2) is 206 Å². The second-order valence-electron chi connectivity index (χ2n) is 17.1. The number of nitriles is 1. The summed E-state index contributed by atoms with van der Waals surface area (Å²) in [4.78, 5) is 18.7. The molecular formula is C61H37F3N6. The summed E-state index contributed by atoms with van der Waals surface area (Å²) in [6, 6.07) is 66.4. The zero-order chi connectivity index (χ0) is 47.9. The molecule has 332 valence electrons. The van der Waals surface area contributed by atoms with Crippen LogP contribution in [-0.4, -0.2) is 19.5 Å². The predicted molar refractivity (Wildman–Crippen MR) is 273 cm³/mol. The summed E-state index contributed by atoms with van der Waals surface area (Å²) in [5.41, 5.74) is 11.9. The average Bonchev–Trinajstić information content (AvgIpc) is 3.73. The van der Waals surface area contributed by atoms with Gasteiger partial charge in [0, 0.05) is 38.6 Å². The molecule has 0 fully saturated rings. The molecule has 0 N–H and O–H groups in total. The predicted octanol–water partition coefficient (Wildman–Crippen LogP) is 16.4. The van der Waals surface area contributed by atoms with Gasteiger partial charge in [0.05, 0.1) is 40.5 Å². The van der Waals surface area contributed by atoms with E-state index in [-0.39, 0.29) is 0 Å². The fourth-order valence-corrected chi connectivity index (χ4v) is 9.15. The van der Waals surface area contributed by atoms with Crippen molar-refractivity contribution >= 4 is 27.5 Å². The highest BCUT2D eigenvalue weighted by atomic mass is 19.4. The second kappa shape index (κ2) is 17.7. The Morgan fingerprint density at radius 1 is 0.471 bits per heavy atom. The zero-order valence-corrected chi connectivity index (χ0v) is 37.4. The smallest absolute Gasteiger partial charge is 0.308 e. The highest BCUT2D eigenvalue weighted by molar-refractivity contribution is 6.13. The van der Waals surface area contributed by atoms with Gasteiger partial charge in [-0.1, -0.05) is 151 Å². The van der Waals surface area contributed by atoms with Crippen LogP contribution in [-0.2, 0) is 6.18 Å². The van der Waals surface area contributed by atoms with Crippen LogP contribution in [0, 0.1) is 24.8 Å². The Bertz CT molecular complexity index is 3710. The molecule has 6 nitrogen and oxygen atoms in total. The third-order valence-electron chi connectivity index (χ3n) is 12.6. The summed E-state index contributed by atoms with van der Waals surface area (Å²) in [6.45, 7) is 9.54. The standard InChI is InChI=1S/C61H37F3N6/c1-38-11-9-16-46(31-38)51-35-48(60-68-58(42-12-5-3-6-13-42)67-59(69-60)43-14-7-4-8-15-43)36-52(47-17-10-18-49(32-47)61(62,63)64)57(51)70-55-29-25-44(40-21-19-39(37-65)20-22-40)33-53(55)54-34-45(26-30-56(54)70)41-23-27-50(66-2)28-24-41/h3-36H,1H3. The first-order chi connectivity index (χ1) is 34.1. The Balaban J connectivity index is 1.26. The highest BCUT2D eigenvalue weighted by Gasteiger charge is 2.31. The monoisotopic (exact) mass is 910 g/mol. The van der Waals surface area contributed by atoms with Gasteiger partial charge in [-0.2, -0.15) is 18.4 Å². The molecule has 2 aromatic heterocycles. The third-order valence-corrected chi connectivity index (χ3v) is 12.6. The van der Waals surface area contributed by atoms with Crippen LogP contribution in [0.4, 0.5) is 18.9 Å². The summed E-state index contributed by atoms with van der Waals surface area (Å²) in [5, 5.41) is 11.4. The van der Waals surface area contributed by atoms with E-state index in [4.69, 9.17) is 21.5 Å². The van der Waals surface area contributed by atoms with Gasteiger partial charge in [-0.05, 0) is 101 Å². The summed E-state index contributed by atoms with van der Waals surface area (Å²) >= 11 is 0. The van der Waals surface area contributed by atoms with Gasteiger partial charge < -0.3 is 4.57 Å². The molecule has 0 aliphatic rings. The molecule has 0 unspecified atom stereocenters. The SMILES string of the molecule is [C-]#[N+]c1ccc(-c2ccc3c(c2)c2cc(-c4ccc(C#N)cc4)ccc2n3-c2c(-c3cccc(C)c3)cc(-c3nc(-c4ccccc4)nc(-c4ccccc4)n3)cc2-c2cccc(C(F)(F)F)c2)cc1. The third kappa shape index (κ3) is 8.12. The summed E-state index contributed by atoms with van der Waals surface area (Å²) in [6.07, 6.45) is -4.62. The number of aryl methyl sites for hydroxylation is 1. The van der Waals surface area contributed by atoms with E-state index in [2.05, 4.69) is 45.8 Å². The van der Waals surface area contributed by atoms with E-state index >= 15 is 0 Å². The van der Waals surface area contributed by atoms with E-state index in [9.17, 15) is 18.4 Å². The van der Waals surface area contributed by atoms with E-state index in [0.717, 1.165) is 77.9 Å². The van der Waals surface area contributed by atoms with Gasteiger partial charge in [0.25, 0.3) is 0 Å². The van der Waals surface area contributed by atoms with Crippen LogP contribution in [0.25, 0.3) is 111 Å². The Labute approximate surface area is 401 Å². The van der Waals surface area contributed by atoms with Crippen molar-refractivity contribution in [2.24, 2.45) is 0 Å². The van der Waals surface area contributed by atoms with Gasteiger partial charge >= 0.3 is 6.18 Å². The van der Waals surface area contributed by atoms with Crippen molar-refractivity contribution in [1.29, 1.82) is 5.26 Å². The van der Waals surface area contributed by atoms with E-state index in [0.29, 0.717) is 51.1 Å². The van der Waals surface area contributed by atoms with Crippen molar-refractivity contribution in [3.05, 3.63) is 234 Å². The molecule has 11 aromatic rings. The maximum atomic E-state index is 14.8. The number of alkyl halides is 3. The van der Waals surface area contributed by atoms with Gasteiger partial charge in [-0.15, -0.1) is 0 Å². The molecule has 0 atom stereocenters. The van der Waals surface area contributed by atoms with Crippen LogP contribution in [0.5, 0.6) is 0 Å². The molecule has 0 saturated carbocycles. The molecule has 0 amide bonds. The molecule has 11 rings (SSSR count). The number of aromatic nitrogens is 4. The molecule has 0 saturated heterocycles. The van der Waals surface area contributed by atoms with Crippen molar-refractivity contribution in [1.82, 2.24) is 19.5 Å². The lowest BCUT2D eigenvalue weighted by Crippen LogP contribution is -2.06. The molecule has 0 aliphatic heterocycles. The largest absolute Gasteiger partial charge is 0.416 e. The van der Waals surface area contributed by atoms with Crippen molar-refractivity contribution in [2.75, 3.05) is 0 Å². The van der Waals surface area contributed by atoms with Crippen LogP contribution < -0.4 is 0 Å². The number of nitrogens with zero attached hydrogens (tertiary/aromatic N) is 6. The number of rotatable bonds is 8. The molecule has 2 heterocycles. The van der Waals surface area contributed by atoms with Gasteiger partial charge in [0.1, 0.15) is 0 Å². The molecule has 0 spiro atoms. The van der Waals surface area contributed by atoms with E-state index in [1.54, 1.807) is 30.3 Å². The lowest BCUT2D eigenvalue weighted by atomic mass is 9.91. The number of benzene rings is 9. The average molecular weight is 911 g/mol. The fourth-order valence-electron chi connectivity index (χ4n) is 9.15. The Morgan fingerprint density at radius 2 is 0.943 bits per heavy atom. The topological polar surface area (TPSA) is 71.8 Å². The lowest BCUT2D eigenvalue weighted by Gasteiger charge is -2.22. The van der Waals surface area contributed by atoms with Gasteiger partial charge in [0.2, 0.25) is 0 Å². The van der Waals surface area contributed by atoms with Crippen molar-refractivity contribution in [3.63, 3.8) is 0 Å². The molecular weight excluding hydrogens is 874 g/mol. The molecule has 0 bridgehead atoms. The minimum absolute atomic E-state index is 0.349. The normalized spacial score (nSPS) is 11.4. The maximum absolute atomic E-state index is 14.8. The first-order valence-corrected chi connectivity index (χ1v) is 22.5. The Hall–Kier alpha value is -9.44.